The Labute approximate surface area is 123 Å². The lowest BCUT2D eigenvalue weighted by molar-refractivity contribution is 0.318. The van der Waals surface area contributed by atoms with Crippen molar-refractivity contribution in [1.29, 1.82) is 0 Å². The molecule has 1 saturated carbocycles. The van der Waals surface area contributed by atoms with Crippen molar-refractivity contribution in [2.75, 3.05) is 17.7 Å². The van der Waals surface area contributed by atoms with Crippen molar-refractivity contribution in [3.8, 4) is 0 Å². The first-order valence-corrected chi connectivity index (χ1v) is 7.99. The summed E-state index contributed by atoms with van der Waals surface area (Å²) in [5, 5.41) is 6.52. The van der Waals surface area contributed by atoms with Crippen molar-refractivity contribution in [2.45, 2.75) is 51.5 Å². The molecular formula is C14H23BrN4. The second kappa shape index (κ2) is 7.08. The average molecular weight is 327 g/mol. The summed E-state index contributed by atoms with van der Waals surface area (Å²) in [5.41, 5.74) is 0. The van der Waals surface area contributed by atoms with Crippen LogP contribution in [-0.2, 0) is 0 Å². The van der Waals surface area contributed by atoms with Gasteiger partial charge in [0.2, 0.25) is 5.95 Å². The molecule has 5 heteroatoms. The van der Waals surface area contributed by atoms with Crippen LogP contribution in [0.1, 0.15) is 45.4 Å². The van der Waals surface area contributed by atoms with Crippen LogP contribution in [0.4, 0.5) is 11.8 Å². The molecule has 2 rings (SSSR count). The van der Waals surface area contributed by atoms with Gasteiger partial charge in [-0.1, -0.05) is 19.8 Å². The molecule has 0 spiro atoms. The number of anilines is 2. The molecule has 1 aromatic rings. The normalized spacial score (nSPS) is 23.1. The van der Waals surface area contributed by atoms with Crippen LogP contribution in [0.15, 0.2) is 10.7 Å². The van der Waals surface area contributed by atoms with E-state index in [0.717, 1.165) is 16.2 Å². The first kappa shape index (κ1) is 14.6. The van der Waals surface area contributed by atoms with Crippen molar-refractivity contribution < 1.29 is 0 Å². The van der Waals surface area contributed by atoms with Crippen molar-refractivity contribution in [1.82, 2.24) is 9.97 Å². The van der Waals surface area contributed by atoms with Crippen molar-refractivity contribution in [3.63, 3.8) is 0 Å². The van der Waals surface area contributed by atoms with Gasteiger partial charge in [0, 0.05) is 19.3 Å². The van der Waals surface area contributed by atoms with Crippen LogP contribution in [0.3, 0.4) is 0 Å². The third kappa shape index (κ3) is 4.06. The largest absolute Gasteiger partial charge is 0.366 e. The smallest absolute Gasteiger partial charge is 0.224 e. The second-order valence-corrected chi connectivity index (χ2v) is 6.15. The molecule has 0 amide bonds. The van der Waals surface area contributed by atoms with Crippen molar-refractivity contribution in [2.24, 2.45) is 5.92 Å². The summed E-state index contributed by atoms with van der Waals surface area (Å²) in [7, 11) is 1.84. The van der Waals surface area contributed by atoms with E-state index in [1.165, 1.54) is 38.5 Å². The first-order valence-electron chi connectivity index (χ1n) is 7.19. The van der Waals surface area contributed by atoms with E-state index in [1.54, 1.807) is 6.20 Å². The lowest BCUT2D eigenvalue weighted by Crippen LogP contribution is -2.26. The highest BCUT2D eigenvalue weighted by atomic mass is 79.9. The van der Waals surface area contributed by atoms with Gasteiger partial charge in [0.25, 0.3) is 0 Å². The Balaban J connectivity index is 1.91. The van der Waals surface area contributed by atoms with Crippen LogP contribution in [0, 0.1) is 5.92 Å². The summed E-state index contributed by atoms with van der Waals surface area (Å²) in [4.78, 5) is 8.64. The third-order valence-corrected chi connectivity index (χ3v) is 4.43. The molecular weight excluding hydrogens is 304 g/mol. The summed E-state index contributed by atoms with van der Waals surface area (Å²) >= 11 is 3.51. The van der Waals surface area contributed by atoms with Gasteiger partial charge in [-0.3, -0.25) is 0 Å². The highest BCUT2D eigenvalue weighted by Crippen LogP contribution is 2.30. The van der Waals surface area contributed by atoms with Gasteiger partial charge in [-0.2, -0.15) is 4.98 Å². The maximum absolute atomic E-state index is 4.46. The lowest BCUT2D eigenvalue weighted by atomic mass is 9.83. The Morgan fingerprint density at radius 3 is 2.68 bits per heavy atom. The van der Waals surface area contributed by atoms with E-state index in [4.69, 9.17) is 0 Å². The predicted octanol–water partition coefficient (Wildman–Crippen LogP) is 4.05. The molecule has 2 N–H and O–H groups in total. The third-order valence-electron chi connectivity index (χ3n) is 3.85. The fraction of sp³-hybridized carbons (Fsp3) is 0.714. The van der Waals surface area contributed by atoms with Gasteiger partial charge in [0.15, 0.2) is 0 Å². The molecule has 0 aromatic carbocycles. The number of hydrogen-bond donors (Lipinski definition) is 2. The zero-order chi connectivity index (χ0) is 13.7. The zero-order valence-corrected chi connectivity index (χ0v) is 13.3. The summed E-state index contributed by atoms with van der Waals surface area (Å²) in [6.45, 7) is 2.28. The summed E-state index contributed by atoms with van der Waals surface area (Å²) < 4.78 is 0.933. The quantitative estimate of drug-likeness (QED) is 0.856. The first-order chi connectivity index (χ1) is 9.22. The van der Waals surface area contributed by atoms with Gasteiger partial charge >= 0.3 is 0 Å². The molecule has 0 aliphatic heterocycles. The molecule has 1 heterocycles. The van der Waals surface area contributed by atoms with Gasteiger partial charge < -0.3 is 10.6 Å². The van der Waals surface area contributed by atoms with Gasteiger partial charge in [0.1, 0.15) is 5.82 Å². The van der Waals surface area contributed by atoms with E-state index in [-0.39, 0.29) is 0 Å². The van der Waals surface area contributed by atoms with E-state index in [2.05, 4.69) is 43.5 Å². The highest BCUT2D eigenvalue weighted by Gasteiger charge is 2.21. The fourth-order valence-corrected chi connectivity index (χ4v) is 3.09. The van der Waals surface area contributed by atoms with Gasteiger partial charge in [-0.25, -0.2) is 4.98 Å². The van der Waals surface area contributed by atoms with E-state index in [0.29, 0.717) is 12.0 Å². The Hall–Kier alpha value is -0.840. The van der Waals surface area contributed by atoms with E-state index in [9.17, 15) is 0 Å². The summed E-state index contributed by atoms with van der Waals surface area (Å²) in [6, 6.07) is 0.545. The average Bonchev–Trinajstić information content (AvgIpc) is 2.44. The second-order valence-electron chi connectivity index (χ2n) is 5.29. The zero-order valence-electron chi connectivity index (χ0n) is 11.7. The van der Waals surface area contributed by atoms with Crippen LogP contribution in [0.2, 0.25) is 0 Å². The van der Waals surface area contributed by atoms with E-state index in [1.807, 2.05) is 7.05 Å². The Morgan fingerprint density at radius 1 is 1.32 bits per heavy atom. The van der Waals surface area contributed by atoms with E-state index >= 15 is 0 Å². The number of aromatic nitrogens is 2. The van der Waals surface area contributed by atoms with Crippen LogP contribution >= 0.6 is 15.9 Å². The number of nitrogens with zero attached hydrogens (tertiary/aromatic N) is 2. The maximum Gasteiger partial charge on any atom is 0.224 e. The minimum absolute atomic E-state index is 0.545. The van der Waals surface area contributed by atoms with Crippen molar-refractivity contribution >= 4 is 27.7 Å². The minimum Gasteiger partial charge on any atom is -0.366 e. The highest BCUT2D eigenvalue weighted by molar-refractivity contribution is 9.10. The summed E-state index contributed by atoms with van der Waals surface area (Å²) in [6.07, 6.45) is 9.66. The van der Waals surface area contributed by atoms with Gasteiger partial charge in [-0.05, 0) is 47.5 Å². The van der Waals surface area contributed by atoms with E-state index < -0.39 is 0 Å². The Kier molecular flexibility index (Phi) is 5.43. The molecule has 1 aromatic heterocycles. The molecule has 4 nitrogen and oxygen atoms in total. The van der Waals surface area contributed by atoms with Gasteiger partial charge in [0.05, 0.1) is 4.47 Å². The molecule has 0 saturated heterocycles. The molecule has 1 fully saturated rings. The minimum atomic E-state index is 0.545. The molecule has 1 aliphatic rings. The van der Waals surface area contributed by atoms with Gasteiger partial charge in [-0.15, -0.1) is 0 Å². The number of rotatable bonds is 5. The van der Waals surface area contributed by atoms with Crippen molar-refractivity contribution in [3.05, 3.63) is 10.7 Å². The Bertz CT molecular complexity index is 402. The standard InChI is InChI=1S/C14H23BrN4/c1-3-4-10-5-7-11(8-6-10)18-13-12(15)9-17-14(16-2)19-13/h9-11H,3-8H2,1-2H3,(H2,16,17,18,19). The number of halogens is 1. The van der Waals surface area contributed by atoms with Crippen LogP contribution in [0.25, 0.3) is 0 Å². The molecule has 0 bridgehead atoms. The molecule has 1 aliphatic carbocycles. The molecule has 0 radical (unpaired) electrons. The maximum atomic E-state index is 4.46. The molecule has 0 unspecified atom stereocenters. The molecule has 19 heavy (non-hydrogen) atoms. The SMILES string of the molecule is CCCC1CCC(Nc2nc(NC)ncc2Br)CC1. The predicted molar refractivity (Wildman–Crippen MR) is 83.6 cm³/mol. The number of nitrogens with one attached hydrogen (secondary N) is 2. The summed E-state index contributed by atoms with van der Waals surface area (Å²) in [5.74, 6) is 2.49. The monoisotopic (exact) mass is 326 g/mol. The van der Waals surface area contributed by atoms with Crippen LogP contribution in [-0.4, -0.2) is 23.1 Å². The van der Waals surface area contributed by atoms with Crippen LogP contribution in [0.5, 0.6) is 0 Å². The fourth-order valence-electron chi connectivity index (χ4n) is 2.79. The molecule has 0 atom stereocenters. The van der Waals surface area contributed by atoms with Crippen LogP contribution < -0.4 is 10.6 Å². The topological polar surface area (TPSA) is 49.8 Å². The number of hydrogen-bond acceptors (Lipinski definition) is 4. The molecule has 106 valence electrons. The lowest BCUT2D eigenvalue weighted by Gasteiger charge is -2.29. The Morgan fingerprint density at radius 2 is 2.05 bits per heavy atom.